The van der Waals surface area contributed by atoms with Crippen molar-refractivity contribution in [1.82, 2.24) is 25.8 Å². The van der Waals surface area contributed by atoms with Gasteiger partial charge in [-0.05, 0) is 37.3 Å². The highest BCUT2D eigenvalue weighted by Gasteiger charge is 2.44. The number of carbonyl (C=O) groups is 4. The Morgan fingerprint density at radius 2 is 1.69 bits per heavy atom. The second kappa shape index (κ2) is 12.3. The predicted octanol–water partition coefficient (Wildman–Crippen LogP) is 2.64. The molecule has 0 spiro atoms. The highest BCUT2D eigenvalue weighted by atomic mass is 32.1. The summed E-state index contributed by atoms with van der Waals surface area (Å²) in [7, 11) is 0. The summed E-state index contributed by atoms with van der Waals surface area (Å²) in [6.45, 7) is 12.5. The van der Waals surface area contributed by atoms with Crippen LogP contribution in [0.1, 0.15) is 76.3 Å². The van der Waals surface area contributed by atoms with E-state index in [-0.39, 0.29) is 42.8 Å². The molecule has 0 saturated carbocycles. The Bertz CT molecular complexity index is 1200. The summed E-state index contributed by atoms with van der Waals surface area (Å²) in [5.74, 6) is -1.30. The topological polar surface area (TPSA) is 141 Å². The average molecular weight is 558 g/mol. The van der Waals surface area contributed by atoms with Crippen LogP contribution >= 0.6 is 11.3 Å². The summed E-state index contributed by atoms with van der Waals surface area (Å²) in [6.07, 6.45) is 0.963. The van der Waals surface area contributed by atoms with Gasteiger partial charge in [-0.3, -0.25) is 19.2 Å². The lowest BCUT2D eigenvalue weighted by atomic mass is 9.85. The number of likely N-dealkylation sites (tertiary alicyclic amines) is 1. The van der Waals surface area contributed by atoms with Crippen LogP contribution in [0.5, 0.6) is 0 Å². The third-order valence-electron chi connectivity index (χ3n) is 6.50. The van der Waals surface area contributed by atoms with Crippen molar-refractivity contribution in [2.45, 2.75) is 85.2 Å². The molecule has 1 aliphatic heterocycles. The zero-order valence-electron chi connectivity index (χ0n) is 23.6. The van der Waals surface area contributed by atoms with E-state index in [0.29, 0.717) is 5.01 Å². The normalized spacial score (nSPS) is 18.9. The van der Waals surface area contributed by atoms with Crippen molar-refractivity contribution in [1.29, 1.82) is 0 Å². The first-order chi connectivity index (χ1) is 18.2. The van der Waals surface area contributed by atoms with Crippen LogP contribution < -0.4 is 16.0 Å². The van der Waals surface area contributed by atoms with Gasteiger partial charge in [-0.15, -0.1) is 11.3 Å². The van der Waals surface area contributed by atoms with Crippen molar-refractivity contribution in [2.24, 2.45) is 5.41 Å². The molecular formula is C28H39N5O5S. The molecule has 1 fully saturated rings. The largest absolute Gasteiger partial charge is 0.391 e. The van der Waals surface area contributed by atoms with Crippen molar-refractivity contribution in [3.63, 3.8) is 0 Å². The van der Waals surface area contributed by atoms with Gasteiger partial charge in [0.25, 0.3) is 5.91 Å². The quantitative estimate of drug-likeness (QED) is 0.393. The molecular weight excluding hydrogens is 518 g/mol. The van der Waals surface area contributed by atoms with Gasteiger partial charge in [-0.1, -0.05) is 45.0 Å². The zero-order valence-corrected chi connectivity index (χ0v) is 24.4. The van der Waals surface area contributed by atoms with Gasteiger partial charge in [0.2, 0.25) is 17.7 Å². The van der Waals surface area contributed by atoms with Gasteiger partial charge in [0.05, 0.1) is 17.0 Å². The Kier molecular flexibility index (Phi) is 9.50. The maximum Gasteiger partial charge on any atom is 0.280 e. The first-order valence-corrected chi connectivity index (χ1v) is 13.9. The predicted molar refractivity (Wildman–Crippen MR) is 150 cm³/mol. The number of nitrogens with zero attached hydrogens (tertiary/aromatic N) is 2. The number of rotatable bonds is 8. The lowest BCUT2D eigenvalue weighted by Gasteiger charge is -2.35. The van der Waals surface area contributed by atoms with Gasteiger partial charge in [-0.2, -0.15) is 0 Å². The number of hydrogen-bond donors (Lipinski definition) is 4. The molecule has 2 heterocycles. The number of β-amino-alcohol motifs (C(OH)–C–C–N with tert-alkyl or cyclic N) is 1. The van der Waals surface area contributed by atoms with Crippen LogP contribution in [-0.4, -0.2) is 69.4 Å². The van der Waals surface area contributed by atoms with E-state index >= 15 is 0 Å². The molecule has 0 radical (unpaired) electrons. The number of aromatic nitrogens is 1. The maximum absolute atomic E-state index is 13.4. The molecule has 0 aliphatic carbocycles. The highest BCUT2D eigenvalue weighted by Crippen LogP contribution is 2.29. The molecule has 4 amide bonds. The Hall–Kier alpha value is -3.31. The molecule has 3 rings (SSSR count). The van der Waals surface area contributed by atoms with E-state index in [4.69, 9.17) is 0 Å². The number of hydrogen-bond acceptors (Lipinski definition) is 7. The minimum Gasteiger partial charge on any atom is -0.391 e. The van der Waals surface area contributed by atoms with Crippen LogP contribution in [0.2, 0.25) is 0 Å². The van der Waals surface area contributed by atoms with Crippen LogP contribution in [0.4, 0.5) is 0 Å². The molecule has 10 nitrogen and oxygen atoms in total. The molecule has 1 aromatic heterocycles. The van der Waals surface area contributed by atoms with Crippen molar-refractivity contribution >= 4 is 35.0 Å². The summed E-state index contributed by atoms with van der Waals surface area (Å²) in [5, 5.41) is 19.2. The number of nitrogens with one attached hydrogen (secondary N) is 3. The monoisotopic (exact) mass is 557 g/mol. The summed E-state index contributed by atoms with van der Waals surface area (Å²) in [6, 6.07) is 5.60. The van der Waals surface area contributed by atoms with Gasteiger partial charge in [0.15, 0.2) is 5.01 Å². The first kappa shape index (κ1) is 30.2. The van der Waals surface area contributed by atoms with Gasteiger partial charge in [0.1, 0.15) is 12.1 Å². The highest BCUT2D eigenvalue weighted by molar-refractivity contribution is 7.17. The smallest absolute Gasteiger partial charge is 0.280 e. The maximum atomic E-state index is 13.4. The Morgan fingerprint density at radius 3 is 2.26 bits per heavy atom. The molecule has 2 aromatic rings. The van der Waals surface area contributed by atoms with E-state index in [2.05, 4.69) is 20.9 Å². The minimum absolute atomic E-state index is 0.0238. The van der Waals surface area contributed by atoms with Crippen LogP contribution in [0.15, 0.2) is 30.5 Å². The lowest BCUT2D eigenvalue weighted by Crippen LogP contribution is -2.57. The number of aliphatic hydroxyl groups is 1. The molecule has 1 aromatic carbocycles. The number of amides is 4. The third-order valence-corrected chi connectivity index (χ3v) is 7.54. The van der Waals surface area contributed by atoms with Gasteiger partial charge in [-0.25, -0.2) is 4.98 Å². The molecule has 4 N–H and O–H groups in total. The molecule has 4 atom stereocenters. The van der Waals surface area contributed by atoms with Gasteiger partial charge < -0.3 is 26.0 Å². The number of carbonyl (C=O) groups excluding carboxylic acids is 4. The Balaban J connectivity index is 1.69. The number of aliphatic hydroxyl groups excluding tert-OH is 1. The second-order valence-corrected chi connectivity index (χ2v) is 12.4. The van der Waals surface area contributed by atoms with E-state index in [0.717, 1.165) is 16.0 Å². The SMILES string of the molecule is CC(=O)N[C@H](C(=O)N1C[C@H](O)C[C@H]1C(=O)N[C@@H](C)c1ccc(-c2cnc(C(=O)NC(C)C)s2)cc1)C(C)(C)C. The van der Waals surface area contributed by atoms with Crippen LogP contribution in [0, 0.1) is 5.41 Å². The molecule has 0 unspecified atom stereocenters. The van der Waals surface area contributed by atoms with Crippen LogP contribution in [0.3, 0.4) is 0 Å². The van der Waals surface area contributed by atoms with E-state index < -0.39 is 29.5 Å². The molecule has 11 heteroatoms. The summed E-state index contributed by atoms with van der Waals surface area (Å²) in [4.78, 5) is 57.1. The van der Waals surface area contributed by atoms with E-state index in [1.54, 1.807) is 6.20 Å². The fraction of sp³-hybridized carbons (Fsp3) is 0.536. The average Bonchev–Trinajstić information content (AvgIpc) is 3.48. The second-order valence-electron chi connectivity index (χ2n) is 11.4. The third kappa shape index (κ3) is 7.63. The fourth-order valence-corrected chi connectivity index (χ4v) is 5.31. The molecule has 0 bridgehead atoms. The van der Waals surface area contributed by atoms with Gasteiger partial charge >= 0.3 is 0 Å². The van der Waals surface area contributed by atoms with Crippen molar-refractivity contribution < 1.29 is 24.3 Å². The summed E-state index contributed by atoms with van der Waals surface area (Å²) < 4.78 is 0. The summed E-state index contributed by atoms with van der Waals surface area (Å²) in [5.41, 5.74) is 1.18. The lowest BCUT2D eigenvalue weighted by molar-refractivity contribution is -0.144. The van der Waals surface area contributed by atoms with Crippen LogP contribution in [-0.2, 0) is 14.4 Å². The standard InChI is InChI=1S/C28H39N5O5S/c1-15(2)30-25(37)26-29-13-22(39-26)19-10-8-18(9-11-19)16(3)31-24(36)21-12-20(35)14-33(21)27(38)23(28(5,6)7)32-17(4)34/h8-11,13,15-16,20-21,23,35H,12,14H2,1-7H3,(H,30,37)(H,31,36)(H,32,34)/t16-,20+,21-,23+/m0/s1. The molecule has 39 heavy (non-hydrogen) atoms. The first-order valence-electron chi connectivity index (χ1n) is 13.1. The van der Waals surface area contributed by atoms with Crippen molar-refractivity contribution in [3.05, 3.63) is 41.0 Å². The Morgan fingerprint density at radius 1 is 1.05 bits per heavy atom. The molecule has 1 aliphatic rings. The van der Waals surface area contributed by atoms with Gasteiger partial charge in [0, 0.05) is 32.1 Å². The summed E-state index contributed by atoms with van der Waals surface area (Å²) >= 11 is 1.31. The number of benzene rings is 1. The Labute approximate surface area is 233 Å². The number of thiazole rings is 1. The molecule has 212 valence electrons. The van der Waals surface area contributed by atoms with E-state index in [1.165, 1.54) is 23.2 Å². The van der Waals surface area contributed by atoms with E-state index in [1.807, 2.05) is 65.8 Å². The minimum atomic E-state index is -0.847. The van der Waals surface area contributed by atoms with E-state index in [9.17, 15) is 24.3 Å². The molecule has 1 saturated heterocycles. The van der Waals surface area contributed by atoms with Crippen molar-refractivity contribution in [3.8, 4) is 10.4 Å². The van der Waals surface area contributed by atoms with Crippen molar-refractivity contribution in [2.75, 3.05) is 6.54 Å². The zero-order chi connectivity index (χ0) is 29.1. The fourth-order valence-electron chi connectivity index (χ4n) is 4.49. The van der Waals surface area contributed by atoms with Crippen LogP contribution in [0.25, 0.3) is 10.4 Å².